The Hall–Kier alpha value is -1.32. The maximum absolute atomic E-state index is 12.8. The molecule has 0 atom stereocenters. The third kappa shape index (κ3) is 4.09. The standard InChI is InChI=1S/C16H27N3O5S/c1-14-15(24-13-12-23-14)16(20)17-6-5-9-19(11-10-17)25(21,22)18-7-3-2-4-8-18/h2-13H2,1H3. The molecule has 3 aliphatic rings. The molecule has 0 aliphatic carbocycles. The Morgan fingerprint density at radius 3 is 2.20 bits per heavy atom. The van der Waals surface area contributed by atoms with E-state index in [0.29, 0.717) is 64.7 Å². The largest absolute Gasteiger partial charge is 0.491 e. The van der Waals surface area contributed by atoms with E-state index in [0.717, 1.165) is 19.3 Å². The van der Waals surface area contributed by atoms with Crippen molar-refractivity contribution >= 4 is 16.1 Å². The van der Waals surface area contributed by atoms with Gasteiger partial charge < -0.3 is 14.4 Å². The van der Waals surface area contributed by atoms with Crippen LogP contribution in [0.3, 0.4) is 0 Å². The minimum Gasteiger partial charge on any atom is -0.491 e. The van der Waals surface area contributed by atoms with Crippen molar-refractivity contribution in [2.45, 2.75) is 32.6 Å². The molecule has 3 aliphatic heterocycles. The maximum Gasteiger partial charge on any atom is 0.292 e. The minimum atomic E-state index is -3.43. The van der Waals surface area contributed by atoms with E-state index in [9.17, 15) is 13.2 Å². The minimum absolute atomic E-state index is 0.213. The fourth-order valence-corrected chi connectivity index (χ4v) is 5.17. The summed E-state index contributed by atoms with van der Waals surface area (Å²) in [6.45, 7) is 5.37. The highest BCUT2D eigenvalue weighted by molar-refractivity contribution is 7.86. The molecule has 0 saturated carbocycles. The second-order valence-corrected chi connectivity index (χ2v) is 8.52. The van der Waals surface area contributed by atoms with E-state index < -0.39 is 10.2 Å². The van der Waals surface area contributed by atoms with Gasteiger partial charge in [0, 0.05) is 39.3 Å². The molecule has 3 heterocycles. The summed E-state index contributed by atoms with van der Waals surface area (Å²) in [5.41, 5.74) is 0. The van der Waals surface area contributed by atoms with Gasteiger partial charge in [0.15, 0.2) is 0 Å². The number of ether oxygens (including phenoxy) is 2. The first-order valence-electron chi connectivity index (χ1n) is 9.01. The summed E-state index contributed by atoms with van der Waals surface area (Å²) >= 11 is 0. The highest BCUT2D eigenvalue weighted by Crippen LogP contribution is 2.20. The van der Waals surface area contributed by atoms with Crippen LogP contribution in [-0.4, -0.2) is 80.3 Å². The van der Waals surface area contributed by atoms with Crippen molar-refractivity contribution in [3.8, 4) is 0 Å². The zero-order valence-electron chi connectivity index (χ0n) is 14.8. The Labute approximate surface area is 149 Å². The van der Waals surface area contributed by atoms with Crippen LogP contribution in [0.1, 0.15) is 32.6 Å². The van der Waals surface area contributed by atoms with E-state index in [1.165, 1.54) is 4.31 Å². The fourth-order valence-electron chi connectivity index (χ4n) is 3.45. The van der Waals surface area contributed by atoms with Gasteiger partial charge in [-0.1, -0.05) is 6.42 Å². The summed E-state index contributed by atoms with van der Waals surface area (Å²) in [7, 11) is -3.43. The van der Waals surface area contributed by atoms with E-state index in [1.54, 1.807) is 16.1 Å². The number of rotatable bonds is 3. The van der Waals surface area contributed by atoms with Gasteiger partial charge in [-0.3, -0.25) is 4.79 Å². The first-order valence-corrected chi connectivity index (χ1v) is 10.4. The van der Waals surface area contributed by atoms with E-state index in [2.05, 4.69) is 0 Å². The lowest BCUT2D eigenvalue weighted by Crippen LogP contribution is -2.47. The molecule has 25 heavy (non-hydrogen) atoms. The highest BCUT2D eigenvalue weighted by Gasteiger charge is 2.34. The summed E-state index contributed by atoms with van der Waals surface area (Å²) in [5.74, 6) is 0.534. The van der Waals surface area contributed by atoms with Gasteiger partial charge in [0.2, 0.25) is 5.76 Å². The fraction of sp³-hybridized carbons (Fsp3) is 0.812. The zero-order chi connectivity index (χ0) is 17.9. The summed E-state index contributed by atoms with van der Waals surface area (Å²) in [6, 6.07) is 0. The first-order chi connectivity index (χ1) is 12.0. The smallest absolute Gasteiger partial charge is 0.292 e. The molecular formula is C16H27N3O5S. The van der Waals surface area contributed by atoms with Crippen LogP contribution in [0.15, 0.2) is 11.5 Å². The van der Waals surface area contributed by atoms with Crippen molar-refractivity contribution in [1.29, 1.82) is 0 Å². The molecule has 8 nitrogen and oxygen atoms in total. The second-order valence-electron chi connectivity index (χ2n) is 6.59. The number of allylic oxidation sites excluding steroid dienone is 1. The summed E-state index contributed by atoms with van der Waals surface area (Å²) < 4.78 is 39.6. The molecule has 0 spiro atoms. The SMILES string of the molecule is CC1=C(C(=O)N2CCCN(S(=O)(=O)N3CCCCC3)CC2)OCCO1. The number of hydrogen-bond donors (Lipinski definition) is 0. The van der Waals surface area contributed by atoms with E-state index in [4.69, 9.17) is 9.47 Å². The molecule has 9 heteroatoms. The highest BCUT2D eigenvalue weighted by atomic mass is 32.2. The Morgan fingerprint density at radius 1 is 0.840 bits per heavy atom. The van der Waals surface area contributed by atoms with E-state index in [-0.39, 0.29) is 11.7 Å². The Bertz CT molecular complexity index is 628. The van der Waals surface area contributed by atoms with Crippen LogP contribution in [0.5, 0.6) is 0 Å². The number of hydrogen-bond acceptors (Lipinski definition) is 5. The van der Waals surface area contributed by atoms with Crippen LogP contribution in [-0.2, 0) is 24.5 Å². The molecule has 0 bridgehead atoms. The summed E-state index contributed by atoms with van der Waals surface area (Å²) in [4.78, 5) is 14.3. The first kappa shape index (κ1) is 18.5. The monoisotopic (exact) mass is 373 g/mol. The molecule has 3 rings (SSSR count). The third-order valence-corrected chi connectivity index (χ3v) is 6.91. The number of amides is 1. The van der Waals surface area contributed by atoms with Crippen LogP contribution in [0.4, 0.5) is 0 Å². The average Bonchev–Trinajstić information content (AvgIpc) is 2.89. The van der Waals surface area contributed by atoms with Gasteiger partial charge in [0.05, 0.1) is 0 Å². The van der Waals surface area contributed by atoms with Gasteiger partial charge >= 0.3 is 0 Å². The molecule has 0 unspecified atom stereocenters. The van der Waals surface area contributed by atoms with Gasteiger partial charge in [0.1, 0.15) is 19.0 Å². The Kier molecular flexibility index (Phi) is 5.85. The number of piperidine rings is 1. The quantitative estimate of drug-likeness (QED) is 0.721. The Morgan fingerprint density at radius 2 is 1.48 bits per heavy atom. The van der Waals surface area contributed by atoms with Crippen molar-refractivity contribution in [2.75, 3.05) is 52.5 Å². The van der Waals surface area contributed by atoms with Crippen LogP contribution in [0.25, 0.3) is 0 Å². The lowest BCUT2D eigenvalue weighted by Gasteiger charge is -2.31. The van der Waals surface area contributed by atoms with Crippen LogP contribution >= 0.6 is 0 Å². The molecule has 0 radical (unpaired) electrons. The molecule has 0 aromatic heterocycles. The number of nitrogens with zero attached hydrogens (tertiary/aromatic N) is 3. The molecule has 0 N–H and O–H groups in total. The molecule has 142 valence electrons. The molecule has 0 aromatic carbocycles. The number of carbonyl (C=O) groups excluding carboxylic acids is 1. The van der Waals surface area contributed by atoms with Crippen molar-refractivity contribution in [3.63, 3.8) is 0 Å². The summed E-state index contributed by atoms with van der Waals surface area (Å²) in [5, 5.41) is 0. The summed E-state index contributed by atoms with van der Waals surface area (Å²) in [6.07, 6.45) is 3.54. The van der Waals surface area contributed by atoms with Crippen LogP contribution < -0.4 is 0 Å². The van der Waals surface area contributed by atoms with E-state index >= 15 is 0 Å². The number of carbonyl (C=O) groups is 1. The van der Waals surface area contributed by atoms with Gasteiger partial charge in [-0.05, 0) is 26.2 Å². The Balaban J connectivity index is 1.65. The second kappa shape index (κ2) is 7.92. The van der Waals surface area contributed by atoms with Gasteiger partial charge in [-0.2, -0.15) is 17.0 Å². The van der Waals surface area contributed by atoms with Crippen molar-refractivity contribution in [2.24, 2.45) is 0 Å². The van der Waals surface area contributed by atoms with Gasteiger partial charge in [-0.15, -0.1) is 0 Å². The lowest BCUT2D eigenvalue weighted by atomic mass is 10.2. The predicted octanol–water partition coefficient (Wildman–Crippen LogP) is 0.530. The zero-order valence-corrected chi connectivity index (χ0v) is 15.6. The molecule has 1 amide bonds. The predicted molar refractivity (Wildman–Crippen MR) is 91.7 cm³/mol. The topological polar surface area (TPSA) is 79.4 Å². The molecular weight excluding hydrogens is 346 g/mol. The van der Waals surface area contributed by atoms with Crippen molar-refractivity contribution in [1.82, 2.24) is 13.5 Å². The van der Waals surface area contributed by atoms with Crippen LogP contribution in [0.2, 0.25) is 0 Å². The maximum atomic E-state index is 12.8. The van der Waals surface area contributed by atoms with E-state index in [1.807, 2.05) is 0 Å². The normalized spacial score (nSPS) is 24.4. The third-order valence-electron chi connectivity index (χ3n) is 4.87. The average molecular weight is 373 g/mol. The molecule has 0 aromatic rings. The van der Waals surface area contributed by atoms with Crippen molar-refractivity contribution < 1.29 is 22.7 Å². The molecule has 2 saturated heterocycles. The lowest BCUT2D eigenvalue weighted by molar-refractivity contribution is -0.132. The van der Waals surface area contributed by atoms with Crippen LogP contribution in [0, 0.1) is 0 Å². The van der Waals surface area contributed by atoms with Gasteiger partial charge in [-0.25, -0.2) is 0 Å². The van der Waals surface area contributed by atoms with Gasteiger partial charge in [0.25, 0.3) is 16.1 Å². The molecule has 2 fully saturated rings. The van der Waals surface area contributed by atoms with Crippen molar-refractivity contribution in [3.05, 3.63) is 11.5 Å².